The third-order valence-electron chi connectivity index (χ3n) is 6.90. The number of nitrogens with two attached hydrogens (primary N) is 1. The highest BCUT2D eigenvalue weighted by Crippen LogP contribution is 2.49. The number of amides is 1. The maximum Gasteiger partial charge on any atom is 0.391 e. The fourth-order valence-corrected chi connectivity index (χ4v) is 4.54. The molecule has 168 valence electrons. The lowest BCUT2D eigenvalue weighted by atomic mass is 9.85. The quantitative estimate of drug-likeness (QED) is 0.549. The molecule has 2 saturated carbocycles. The van der Waals surface area contributed by atoms with Gasteiger partial charge >= 0.3 is 6.18 Å². The fraction of sp³-hybridized carbons (Fsp3) is 0.682. The molecule has 0 bridgehead atoms. The van der Waals surface area contributed by atoms with Crippen molar-refractivity contribution < 1.29 is 18.0 Å². The molecule has 0 aromatic heterocycles. The van der Waals surface area contributed by atoms with E-state index in [2.05, 4.69) is 22.5 Å². The smallest absolute Gasteiger partial charge is 0.391 e. The molecule has 0 aliphatic heterocycles. The van der Waals surface area contributed by atoms with Crippen LogP contribution in [-0.4, -0.2) is 38.8 Å². The summed E-state index contributed by atoms with van der Waals surface area (Å²) in [4.78, 5) is 15.2. The van der Waals surface area contributed by atoms with E-state index < -0.39 is 12.1 Å². The maximum absolute atomic E-state index is 13.1. The number of rotatable bonds is 7. The van der Waals surface area contributed by atoms with E-state index in [0.29, 0.717) is 29.5 Å². The molecule has 0 unspecified atom stereocenters. The third-order valence-corrected chi connectivity index (χ3v) is 6.90. The zero-order valence-corrected chi connectivity index (χ0v) is 18.0. The van der Waals surface area contributed by atoms with Crippen LogP contribution in [0.2, 0.25) is 0 Å². The number of halogens is 3. The predicted molar refractivity (Wildman–Crippen MR) is 115 cm³/mol. The van der Waals surface area contributed by atoms with Gasteiger partial charge in [0.25, 0.3) is 5.91 Å². The molecular formula is C22H33F3N4O. The minimum atomic E-state index is -4.15. The van der Waals surface area contributed by atoms with Gasteiger partial charge in [-0.2, -0.15) is 13.2 Å². The lowest BCUT2D eigenvalue weighted by Crippen LogP contribution is -2.40. The van der Waals surface area contributed by atoms with Gasteiger partial charge in [-0.3, -0.25) is 4.79 Å². The highest BCUT2D eigenvalue weighted by atomic mass is 19.4. The normalized spacial score (nSPS) is 23.0. The van der Waals surface area contributed by atoms with Crippen LogP contribution in [0, 0.1) is 11.3 Å². The Morgan fingerprint density at radius 1 is 1.23 bits per heavy atom. The number of nitrogens with one attached hydrogen (secondary N) is 2. The third kappa shape index (κ3) is 4.95. The summed E-state index contributed by atoms with van der Waals surface area (Å²) in [6, 6.07) is 3.31. The standard InChI is InChI=1S/C22H33F3N4O/c1-4-21(9-10-21)13-29(3)19-12-18(27-2)17(26)11-16(19)20(30)28-15-7-5-14(6-8-15)22(23,24)25/h11-12,14-15,27H,4-10,13,26H2,1-3H3,(H,28,30). The Morgan fingerprint density at radius 3 is 2.37 bits per heavy atom. The van der Waals surface area contributed by atoms with Crippen LogP contribution in [0.25, 0.3) is 0 Å². The molecule has 0 heterocycles. The fourth-order valence-electron chi connectivity index (χ4n) is 4.54. The van der Waals surface area contributed by atoms with Crippen molar-refractivity contribution in [3.8, 4) is 0 Å². The van der Waals surface area contributed by atoms with Crippen molar-refractivity contribution in [1.82, 2.24) is 5.32 Å². The van der Waals surface area contributed by atoms with Gasteiger partial charge in [-0.05, 0) is 62.5 Å². The summed E-state index contributed by atoms with van der Waals surface area (Å²) in [7, 11) is 3.76. The van der Waals surface area contributed by atoms with Gasteiger partial charge in [0.15, 0.2) is 0 Å². The number of alkyl halides is 3. The summed E-state index contributed by atoms with van der Waals surface area (Å²) >= 11 is 0. The zero-order valence-electron chi connectivity index (χ0n) is 18.0. The molecule has 3 rings (SSSR count). The van der Waals surface area contributed by atoms with E-state index in [1.165, 1.54) is 12.8 Å². The molecule has 0 spiro atoms. The van der Waals surface area contributed by atoms with Crippen molar-refractivity contribution in [2.75, 3.05) is 36.6 Å². The number of nitrogen functional groups attached to an aromatic ring is 1. The Kier molecular flexibility index (Phi) is 6.43. The lowest BCUT2D eigenvalue weighted by molar-refractivity contribution is -0.182. The van der Waals surface area contributed by atoms with Crippen molar-refractivity contribution in [3.63, 3.8) is 0 Å². The Labute approximate surface area is 176 Å². The monoisotopic (exact) mass is 426 g/mol. The molecule has 1 aromatic carbocycles. The molecule has 2 fully saturated rings. The van der Waals surface area contributed by atoms with Gasteiger partial charge in [0.05, 0.1) is 28.5 Å². The first kappa shape index (κ1) is 22.6. The lowest BCUT2D eigenvalue weighted by Gasteiger charge is -2.31. The van der Waals surface area contributed by atoms with Crippen molar-refractivity contribution >= 4 is 23.0 Å². The molecule has 0 saturated heterocycles. The van der Waals surface area contributed by atoms with E-state index in [-0.39, 0.29) is 24.8 Å². The number of nitrogens with zero attached hydrogens (tertiary/aromatic N) is 1. The highest BCUT2D eigenvalue weighted by Gasteiger charge is 2.43. The van der Waals surface area contributed by atoms with Crippen LogP contribution in [0.3, 0.4) is 0 Å². The second-order valence-electron chi connectivity index (χ2n) is 8.98. The number of benzene rings is 1. The molecular weight excluding hydrogens is 393 g/mol. The summed E-state index contributed by atoms with van der Waals surface area (Å²) in [6.45, 7) is 3.04. The molecule has 0 atom stereocenters. The first-order valence-corrected chi connectivity index (χ1v) is 10.8. The van der Waals surface area contributed by atoms with Crippen molar-refractivity contribution in [3.05, 3.63) is 17.7 Å². The summed E-state index contributed by atoms with van der Waals surface area (Å²) in [5.74, 6) is -1.54. The Balaban J connectivity index is 1.75. The van der Waals surface area contributed by atoms with Crippen LogP contribution in [0.15, 0.2) is 12.1 Å². The Hall–Kier alpha value is -2.12. The van der Waals surface area contributed by atoms with Gasteiger partial charge in [0.2, 0.25) is 0 Å². The molecule has 4 N–H and O–H groups in total. The molecule has 8 heteroatoms. The van der Waals surface area contributed by atoms with E-state index in [1.807, 2.05) is 13.1 Å². The van der Waals surface area contributed by atoms with Crippen LogP contribution in [0.5, 0.6) is 0 Å². The van der Waals surface area contributed by atoms with Crippen LogP contribution in [0.1, 0.15) is 62.2 Å². The number of hydrogen-bond acceptors (Lipinski definition) is 4. The van der Waals surface area contributed by atoms with E-state index in [1.54, 1.807) is 13.1 Å². The summed E-state index contributed by atoms with van der Waals surface area (Å²) in [6.07, 6.45) is 0.100. The molecule has 1 aromatic rings. The molecule has 2 aliphatic carbocycles. The van der Waals surface area contributed by atoms with Gasteiger partial charge in [-0.15, -0.1) is 0 Å². The predicted octanol–water partition coefficient (Wildman–Crippen LogP) is 4.79. The maximum atomic E-state index is 13.1. The second-order valence-corrected chi connectivity index (χ2v) is 8.98. The highest BCUT2D eigenvalue weighted by molar-refractivity contribution is 6.02. The number of anilines is 3. The first-order chi connectivity index (χ1) is 14.1. The minimum absolute atomic E-state index is 0.0566. The van der Waals surface area contributed by atoms with E-state index in [9.17, 15) is 18.0 Å². The van der Waals surface area contributed by atoms with Gasteiger partial charge in [-0.25, -0.2) is 0 Å². The number of hydrogen-bond donors (Lipinski definition) is 3. The second kappa shape index (κ2) is 8.55. The molecule has 1 amide bonds. The first-order valence-electron chi connectivity index (χ1n) is 10.8. The number of carbonyl (C=O) groups excluding carboxylic acids is 1. The minimum Gasteiger partial charge on any atom is -0.397 e. The summed E-state index contributed by atoms with van der Waals surface area (Å²) < 4.78 is 38.7. The van der Waals surface area contributed by atoms with Gasteiger partial charge in [0, 0.05) is 26.7 Å². The van der Waals surface area contributed by atoms with E-state index >= 15 is 0 Å². The number of carbonyl (C=O) groups is 1. The average molecular weight is 427 g/mol. The van der Waals surface area contributed by atoms with Gasteiger partial charge in [0.1, 0.15) is 0 Å². The SMILES string of the molecule is CCC1(CN(C)c2cc(NC)c(N)cc2C(=O)NC2CCC(C(F)(F)F)CC2)CC1. The van der Waals surface area contributed by atoms with Crippen molar-refractivity contribution in [2.24, 2.45) is 11.3 Å². The topological polar surface area (TPSA) is 70.4 Å². The van der Waals surface area contributed by atoms with Crippen molar-refractivity contribution in [1.29, 1.82) is 0 Å². The van der Waals surface area contributed by atoms with Crippen molar-refractivity contribution in [2.45, 2.75) is 64.1 Å². The van der Waals surface area contributed by atoms with E-state index in [4.69, 9.17) is 5.73 Å². The van der Waals surface area contributed by atoms with Gasteiger partial charge < -0.3 is 21.3 Å². The van der Waals surface area contributed by atoms with Gasteiger partial charge in [-0.1, -0.05) is 6.92 Å². The Bertz CT molecular complexity index is 768. The van der Waals surface area contributed by atoms with Crippen LogP contribution < -0.4 is 21.3 Å². The van der Waals surface area contributed by atoms with Crippen LogP contribution in [-0.2, 0) is 0 Å². The molecule has 0 radical (unpaired) electrons. The van der Waals surface area contributed by atoms with Crippen LogP contribution in [0.4, 0.5) is 30.2 Å². The molecule has 2 aliphatic rings. The average Bonchev–Trinajstić information content (AvgIpc) is 3.47. The van der Waals surface area contributed by atoms with E-state index in [0.717, 1.165) is 24.3 Å². The van der Waals surface area contributed by atoms with Crippen LogP contribution >= 0.6 is 0 Å². The largest absolute Gasteiger partial charge is 0.397 e. The molecule has 5 nitrogen and oxygen atoms in total. The molecule has 30 heavy (non-hydrogen) atoms. The Morgan fingerprint density at radius 2 is 1.87 bits per heavy atom. The summed E-state index contributed by atoms with van der Waals surface area (Å²) in [5, 5.41) is 6.01. The summed E-state index contributed by atoms with van der Waals surface area (Å²) in [5.41, 5.74) is 8.90. The zero-order chi connectivity index (χ0) is 22.1.